The summed E-state index contributed by atoms with van der Waals surface area (Å²) in [5.41, 5.74) is 0.752. The monoisotopic (exact) mass is 255 g/mol. The minimum Gasteiger partial charge on any atom is -0.480 e. The van der Waals surface area contributed by atoms with Gasteiger partial charge in [-0.05, 0) is 31.5 Å². The van der Waals surface area contributed by atoms with Gasteiger partial charge in [0.2, 0.25) is 0 Å². The van der Waals surface area contributed by atoms with Crippen molar-refractivity contribution in [3.05, 3.63) is 23.0 Å². The summed E-state index contributed by atoms with van der Waals surface area (Å²) in [7, 11) is 0. The Balaban J connectivity index is 2.05. The minimum atomic E-state index is -0.758. The Morgan fingerprint density at radius 3 is 2.94 bits per heavy atom. The molecule has 1 aromatic heterocycles. The number of piperidine rings is 1. The third-order valence-corrected chi connectivity index (χ3v) is 3.15. The number of aromatic nitrogens is 2. The van der Waals surface area contributed by atoms with Crippen LogP contribution in [0.1, 0.15) is 25.0 Å². The SMILES string of the molecule is O=C(O)[C@@H]1CCCCN1Cc1ccc(Cl)nn1. The smallest absolute Gasteiger partial charge is 0.320 e. The third kappa shape index (κ3) is 3.14. The summed E-state index contributed by atoms with van der Waals surface area (Å²) < 4.78 is 0. The normalized spacial score (nSPS) is 21.4. The molecule has 92 valence electrons. The molecule has 0 aromatic carbocycles. The standard InChI is InChI=1S/C11H14ClN3O2/c12-10-5-4-8(13-14-10)7-15-6-2-1-3-9(15)11(16)17/h4-5,9H,1-3,6-7H2,(H,16,17)/t9-/m0/s1. The van der Waals surface area contributed by atoms with Crippen LogP contribution < -0.4 is 0 Å². The fraction of sp³-hybridized carbons (Fsp3) is 0.545. The zero-order valence-corrected chi connectivity index (χ0v) is 10.1. The second-order valence-corrected chi connectivity index (χ2v) is 4.55. The number of rotatable bonds is 3. The van der Waals surface area contributed by atoms with Crippen LogP contribution >= 0.6 is 11.6 Å². The molecule has 1 aromatic rings. The van der Waals surface area contributed by atoms with E-state index in [1.165, 1.54) is 0 Å². The highest BCUT2D eigenvalue weighted by Crippen LogP contribution is 2.19. The third-order valence-electron chi connectivity index (χ3n) is 2.95. The molecule has 0 aliphatic carbocycles. The molecule has 0 spiro atoms. The predicted molar refractivity (Wildman–Crippen MR) is 62.7 cm³/mol. The van der Waals surface area contributed by atoms with Gasteiger partial charge in [0.1, 0.15) is 6.04 Å². The van der Waals surface area contributed by atoms with Gasteiger partial charge in [0.15, 0.2) is 5.15 Å². The first-order chi connectivity index (χ1) is 8.16. The van der Waals surface area contributed by atoms with E-state index in [0.29, 0.717) is 18.1 Å². The Hall–Kier alpha value is -1.20. The van der Waals surface area contributed by atoms with E-state index in [2.05, 4.69) is 10.2 Å². The number of hydrogen-bond donors (Lipinski definition) is 1. The first kappa shape index (κ1) is 12.3. The Morgan fingerprint density at radius 2 is 2.29 bits per heavy atom. The van der Waals surface area contributed by atoms with Crippen LogP contribution in [0.3, 0.4) is 0 Å². The van der Waals surface area contributed by atoms with Gasteiger partial charge in [-0.3, -0.25) is 9.69 Å². The van der Waals surface area contributed by atoms with E-state index in [1.54, 1.807) is 12.1 Å². The molecule has 0 radical (unpaired) electrons. The Labute approximate surface area is 104 Å². The molecule has 17 heavy (non-hydrogen) atoms. The van der Waals surface area contributed by atoms with E-state index >= 15 is 0 Å². The van der Waals surface area contributed by atoms with Crippen molar-refractivity contribution >= 4 is 17.6 Å². The van der Waals surface area contributed by atoms with Gasteiger partial charge in [-0.2, -0.15) is 5.10 Å². The Morgan fingerprint density at radius 1 is 1.47 bits per heavy atom. The van der Waals surface area contributed by atoms with Crippen molar-refractivity contribution in [2.24, 2.45) is 0 Å². The molecule has 5 nitrogen and oxygen atoms in total. The van der Waals surface area contributed by atoms with E-state index in [-0.39, 0.29) is 0 Å². The molecule has 0 saturated carbocycles. The summed E-state index contributed by atoms with van der Waals surface area (Å²) >= 11 is 5.65. The largest absolute Gasteiger partial charge is 0.480 e. The van der Waals surface area contributed by atoms with E-state index < -0.39 is 12.0 Å². The molecular formula is C11H14ClN3O2. The summed E-state index contributed by atoms with van der Waals surface area (Å²) in [5, 5.41) is 17.2. The molecule has 1 aliphatic heterocycles. The van der Waals surface area contributed by atoms with Gasteiger partial charge in [0.05, 0.1) is 5.69 Å². The van der Waals surface area contributed by atoms with Gasteiger partial charge in [0.25, 0.3) is 0 Å². The molecule has 2 rings (SSSR count). The molecule has 1 atom stereocenters. The summed E-state index contributed by atoms with van der Waals surface area (Å²) in [5.74, 6) is -0.758. The number of nitrogens with zero attached hydrogens (tertiary/aromatic N) is 3. The van der Waals surface area contributed by atoms with Crippen molar-refractivity contribution in [3.8, 4) is 0 Å². The summed E-state index contributed by atoms with van der Waals surface area (Å²) in [4.78, 5) is 13.0. The second kappa shape index (κ2) is 5.42. The van der Waals surface area contributed by atoms with Gasteiger partial charge < -0.3 is 5.11 Å². The lowest BCUT2D eigenvalue weighted by atomic mass is 10.0. The average molecular weight is 256 g/mol. The number of halogens is 1. The molecule has 1 fully saturated rings. The number of likely N-dealkylation sites (tertiary alicyclic amines) is 1. The van der Waals surface area contributed by atoms with Crippen molar-refractivity contribution in [2.45, 2.75) is 31.8 Å². The number of aliphatic carboxylic acids is 1. The molecule has 0 unspecified atom stereocenters. The van der Waals surface area contributed by atoms with Crippen molar-refractivity contribution < 1.29 is 9.90 Å². The van der Waals surface area contributed by atoms with Crippen LogP contribution in [-0.2, 0) is 11.3 Å². The van der Waals surface area contributed by atoms with Crippen LogP contribution in [0.2, 0.25) is 5.15 Å². The predicted octanol–water partition coefficient (Wildman–Crippen LogP) is 1.57. The maximum Gasteiger partial charge on any atom is 0.320 e. The Bertz CT molecular complexity index is 396. The zero-order chi connectivity index (χ0) is 12.3. The van der Waals surface area contributed by atoms with Crippen LogP contribution in [0.4, 0.5) is 0 Å². The molecular weight excluding hydrogens is 242 g/mol. The fourth-order valence-electron chi connectivity index (χ4n) is 2.10. The van der Waals surface area contributed by atoms with Crippen LogP contribution in [0, 0.1) is 0 Å². The molecule has 1 N–H and O–H groups in total. The molecule has 6 heteroatoms. The fourth-order valence-corrected chi connectivity index (χ4v) is 2.20. The first-order valence-corrected chi connectivity index (χ1v) is 5.99. The van der Waals surface area contributed by atoms with Crippen LogP contribution in [0.15, 0.2) is 12.1 Å². The van der Waals surface area contributed by atoms with Crippen LogP contribution in [0.5, 0.6) is 0 Å². The molecule has 0 bridgehead atoms. The van der Waals surface area contributed by atoms with Crippen LogP contribution in [-0.4, -0.2) is 38.8 Å². The van der Waals surface area contributed by atoms with Crippen LogP contribution in [0.25, 0.3) is 0 Å². The lowest BCUT2D eigenvalue weighted by molar-refractivity contribution is -0.144. The lowest BCUT2D eigenvalue weighted by Gasteiger charge is -2.32. The molecule has 1 saturated heterocycles. The van der Waals surface area contributed by atoms with Crippen molar-refractivity contribution in [1.29, 1.82) is 0 Å². The molecule has 2 heterocycles. The highest BCUT2D eigenvalue weighted by molar-refractivity contribution is 6.29. The van der Waals surface area contributed by atoms with Crippen molar-refractivity contribution in [2.75, 3.05) is 6.54 Å². The Kier molecular flexibility index (Phi) is 3.91. The number of carboxylic acids is 1. The van der Waals surface area contributed by atoms with Gasteiger partial charge in [-0.25, -0.2) is 0 Å². The van der Waals surface area contributed by atoms with Gasteiger partial charge in [0, 0.05) is 6.54 Å². The number of carbonyl (C=O) groups is 1. The van der Waals surface area contributed by atoms with Gasteiger partial charge >= 0.3 is 5.97 Å². The zero-order valence-electron chi connectivity index (χ0n) is 9.34. The van der Waals surface area contributed by atoms with Crippen molar-refractivity contribution in [1.82, 2.24) is 15.1 Å². The van der Waals surface area contributed by atoms with E-state index in [1.807, 2.05) is 4.90 Å². The van der Waals surface area contributed by atoms with Gasteiger partial charge in [-0.1, -0.05) is 18.0 Å². The summed E-state index contributed by atoms with van der Waals surface area (Å²) in [6.07, 6.45) is 2.71. The number of carboxylic acid groups (broad SMARTS) is 1. The molecule has 1 aliphatic rings. The maximum absolute atomic E-state index is 11.1. The quantitative estimate of drug-likeness (QED) is 0.888. The highest BCUT2D eigenvalue weighted by atomic mass is 35.5. The van der Waals surface area contributed by atoms with E-state index in [9.17, 15) is 4.79 Å². The minimum absolute atomic E-state index is 0.349. The van der Waals surface area contributed by atoms with E-state index in [0.717, 1.165) is 25.1 Å². The summed E-state index contributed by atoms with van der Waals surface area (Å²) in [6, 6.07) is 3.05. The lowest BCUT2D eigenvalue weighted by Crippen LogP contribution is -2.44. The average Bonchev–Trinajstić information content (AvgIpc) is 2.32. The van der Waals surface area contributed by atoms with Gasteiger partial charge in [-0.15, -0.1) is 5.10 Å². The van der Waals surface area contributed by atoms with Crippen molar-refractivity contribution in [3.63, 3.8) is 0 Å². The van der Waals surface area contributed by atoms with E-state index in [4.69, 9.17) is 16.7 Å². The summed E-state index contributed by atoms with van der Waals surface area (Å²) in [6.45, 7) is 1.31. The first-order valence-electron chi connectivity index (χ1n) is 5.62. The topological polar surface area (TPSA) is 66.3 Å². The molecule has 0 amide bonds. The maximum atomic E-state index is 11.1. The highest BCUT2D eigenvalue weighted by Gasteiger charge is 2.28. The second-order valence-electron chi connectivity index (χ2n) is 4.17. The number of hydrogen-bond acceptors (Lipinski definition) is 4.